The molecule has 0 saturated carbocycles. The lowest BCUT2D eigenvalue weighted by molar-refractivity contribution is -0.139. The molecule has 1 amide bonds. The topological polar surface area (TPSA) is 102 Å². The van der Waals surface area contributed by atoms with E-state index in [1.807, 2.05) is 20.8 Å². The average molecular weight is 332 g/mol. The molecule has 0 bridgehead atoms. The smallest absolute Gasteiger partial charge is 0.341 e. The second-order valence-corrected chi connectivity index (χ2v) is 5.60. The molecule has 0 saturated heterocycles. The third kappa shape index (κ3) is 4.58. The second-order valence-electron chi connectivity index (χ2n) is 5.60. The molecule has 128 valence electrons. The highest BCUT2D eigenvalue weighted by atomic mass is 16.5. The van der Waals surface area contributed by atoms with Gasteiger partial charge in [-0.2, -0.15) is 0 Å². The molecule has 1 atom stereocenters. The number of carboxylic acid groups (broad SMARTS) is 1. The van der Waals surface area contributed by atoms with Gasteiger partial charge >= 0.3 is 5.97 Å². The predicted octanol–water partition coefficient (Wildman–Crippen LogP) is 2.89. The van der Waals surface area contributed by atoms with E-state index in [0.29, 0.717) is 11.4 Å². The highest BCUT2D eigenvalue weighted by molar-refractivity contribution is 5.91. The molecule has 7 nitrogen and oxygen atoms in total. The van der Waals surface area contributed by atoms with Crippen LogP contribution in [0.15, 0.2) is 28.8 Å². The van der Waals surface area contributed by atoms with Crippen LogP contribution in [-0.4, -0.2) is 28.7 Å². The number of hydrogen-bond donors (Lipinski definition) is 2. The van der Waals surface area contributed by atoms with E-state index in [1.54, 1.807) is 24.3 Å². The molecule has 0 spiro atoms. The highest BCUT2D eigenvalue weighted by Crippen LogP contribution is 2.26. The molecule has 2 aromatic rings. The molecule has 2 N–H and O–H groups in total. The molecule has 0 fully saturated rings. The fourth-order valence-electron chi connectivity index (χ4n) is 2.59. The van der Waals surface area contributed by atoms with E-state index in [4.69, 9.17) is 14.4 Å². The number of hydrogen-bond acceptors (Lipinski definition) is 5. The molecule has 0 aliphatic heterocycles. The first kappa shape index (κ1) is 17.5. The number of anilines is 1. The Morgan fingerprint density at radius 1 is 1.38 bits per heavy atom. The zero-order valence-electron chi connectivity index (χ0n) is 13.8. The molecular weight excluding hydrogens is 312 g/mol. The molecule has 1 aromatic heterocycles. The second kappa shape index (κ2) is 7.63. The van der Waals surface area contributed by atoms with Crippen LogP contribution >= 0.6 is 0 Å². The van der Waals surface area contributed by atoms with Crippen molar-refractivity contribution in [3.8, 4) is 5.75 Å². The average Bonchev–Trinajstić information content (AvgIpc) is 2.84. The summed E-state index contributed by atoms with van der Waals surface area (Å²) in [7, 11) is 0. The monoisotopic (exact) mass is 332 g/mol. The van der Waals surface area contributed by atoms with Crippen molar-refractivity contribution in [1.82, 2.24) is 5.16 Å². The van der Waals surface area contributed by atoms with Crippen molar-refractivity contribution >= 4 is 17.6 Å². The Morgan fingerprint density at radius 2 is 2.12 bits per heavy atom. The number of amides is 1. The van der Waals surface area contributed by atoms with Crippen LogP contribution in [0.5, 0.6) is 5.75 Å². The Morgan fingerprint density at radius 3 is 2.75 bits per heavy atom. The molecule has 1 aromatic carbocycles. The maximum Gasteiger partial charge on any atom is 0.341 e. The zero-order chi connectivity index (χ0) is 17.7. The Bertz CT molecular complexity index is 719. The summed E-state index contributed by atoms with van der Waals surface area (Å²) in [6.45, 7) is 5.19. The Labute approximate surface area is 139 Å². The summed E-state index contributed by atoms with van der Waals surface area (Å²) in [5.41, 5.74) is 2.29. The van der Waals surface area contributed by atoms with Crippen molar-refractivity contribution in [2.45, 2.75) is 33.1 Å². The lowest BCUT2D eigenvalue weighted by Gasteiger charge is -2.12. The number of carbonyl (C=O) groups excluding carboxylic acids is 1. The molecule has 7 heteroatoms. The first-order valence-electron chi connectivity index (χ1n) is 7.54. The predicted molar refractivity (Wildman–Crippen MR) is 87.2 cm³/mol. The van der Waals surface area contributed by atoms with Gasteiger partial charge in [-0.1, -0.05) is 18.1 Å². The van der Waals surface area contributed by atoms with Crippen LogP contribution in [-0.2, 0) is 9.59 Å². The van der Waals surface area contributed by atoms with Gasteiger partial charge in [-0.3, -0.25) is 4.79 Å². The minimum Gasteiger partial charge on any atom is -0.482 e. The number of nitrogens with one attached hydrogen (secondary N) is 1. The summed E-state index contributed by atoms with van der Waals surface area (Å²) < 4.78 is 10.2. The molecular formula is C17H20N2O5. The first-order chi connectivity index (χ1) is 11.4. The Kier molecular flexibility index (Phi) is 5.57. The van der Waals surface area contributed by atoms with Crippen molar-refractivity contribution in [3.05, 3.63) is 41.3 Å². The van der Waals surface area contributed by atoms with Crippen molar-refractivity contribution < 1.29 is 24.0 Å². The van der Waals surface area contributed by atoms with E-state index < -0.39 is 12.6 Å². The fourth-order valence-corrected chi connectivity index (χ4v) is 2.59. The molecule has 24 heavy (non-hydrogen) atoms. The third-order valence-corrected chi connectivity index (χ3v) is 3.55. The normalized spacial score (nSPS) is 11.8. The minimum atomic E-state index is -1.06. The molecule has 2 rings (SSSR count). The van der Waals surface area contributed by atoms with Crippen LogP contribution in [0.2, 0.25) is 0 Å². The van der Waals surface area contributed by atoms with Crippen LogP contribution in [0.3, 0.4) is 0 Å². The van der Waals surface area contributed by atoms with Crippen LogP contribution in [0.1, 0.15) is 36.3 Å². The Balaban J connectivity index is 1.97. The summed E-state index contributed by atoms with van der Waals surface area (Å²) in [6, 6.07) is 6.61. The number of rotatable bonds is 7. The highest BCUT2D eigenvalue weighted by Gasteiger charge is 2.19. The van der Waals surface area contributed by atoms with Gasteiger partial charge in [-0.25, -0.2) is 4.79 Å². The first-order valence-corrected chi connectivity index (χ1v) is 7.54. The van der Waals surface area contributed by atoms with Gasteiger partial charge in [0.1, 0.15) is 11.5 Å². The third-order valence-electron chi connectivity index (χ3n) is 3.55. The lowest BCUT2D eigenvalue weighted by atomic mass is 9.96. The quantitative estimate of drug-likeness (QED) is 0.808. The number of nitrogens with zero attached hydrogens (tertiary/aromatic N) is 1. The number of benzene rings is 1. The number of aliphatic carboxylic acids is 1. The van der Waals surface area contributed by atoms with E-state index >= 15 is 0 Å². The van der Waals surface area contributed by atoms with E-state index in [2.05, 4.69) is 10.5 Å². The van der Waals surface area contributed by atoms with Crippen molar-refractivity contribution in [1.29, 1.82) is 0 Å². The summed E-state index contributed by atoms with van der Waals surface area (Å²) >= 11 is 0. The van der Waals surface area contributed by atoms with Crippen molar-refractivity contribution in [2.75, 3.05) is 11.9 Å². The fraction of sp³-hybridized carbons (Fsp3) is 0.353. The number of aromatic nitrogens is 1. The number of carbonyl (C=O) groups is 2. The van der Waals surface area contributed by atoms with Crippen LogP contribution < -0.4 is 10.1 Å². The van der Waals surface area contributed by atoms with Crippen molar-refractivity contribution in [3.63, 3.8) is 0 Å². The van der Waals surface area contributed by atoms with Gasteiger partial charge in [-0.15, -0.1) is 0 Å². The molecule has 0 radical (unpaired) electrons. The van der Waals surface area contributed by atoms with Gasteiger partial charge in [0.15, 0.2) is 6.61 Å². The summed E-state index contributed by atoms with van der Waals surface area (Å²) in [6.07, 6.45) is 0.281. The van der Waals surface area contributed by atoms with E-state index in [-0.39, 0.29) is 18.2 Å². The molecule has 0 aliphatic rings. The van der Waals surface area contributed by atoms with Gasteiger partial charge in [0.05, 0.1) is 5.69 Å². The lowest BCUT2D eigenvalue weighted by Crippen LogP contribution is -2.15. The van der Waals surface area contributed by atoms with E-state index in [0.717, 1.165) is 17.0 Å². The maximum absolute atomic E-state index is 12.2. The minimum absolute atomic E-state index is 0.0253. The number of ether oxygens (including phenoxy) is 1. The standard InChI is InChI=1S/C17H20N2O5/c1-10(17-11(2)19-24-12(17)3)7-15(20)18-13-5-4-6-14(8-13)23-9-16(21)22/h4-6,8,10H,7,9H2,1-3H3,(H,18,20)(H,21,22). The molecule has 0 aliphatic carbocycles. The maximum atomic E-state index is 12.2. The van der Waals surface area contributed by atoms with E-state index in [1.165, 1.54) is 0 Å². The van der Waals surface area contributed by atoms with Gasteiger partial charge < -0.3 is 19.7 Å². The van der Waals surface area contributed by atoms with Gasteiger partial charge in [0.2, 0.25) is 5.91 Å². The van der Waals surface area contributed by atoms with Crippen LogP contribution in [0.25, 0.3) is 0 Å². The van der Waals surface area contributed by atoms with E-state index in [9.17, 15) is 9.59 Å². The summed E-state index contributed by atoms with van der Waals surface area (Å²) in [5, 5.41) is 15.3. The summed E-state index contributed by atoms with van der Waals surface area (Å²) in [5.74, 6) is -0.135. The van der Waals surface area contributed by atoms with Crippen LogP contribution in [0, 0.1) is 13.8 Å². The largest absolute Gasteiger partial charge is 0.482 e. The molecule has 1 heterocycles. The molecule has 1 unspecified atom stereocenters. The number of aryl methyl sites for hydroxylation is 2. The van der Waals surface area contributed by atoms with Crippen LogP contribution in [0.4, 0.5) is 5.69 Å². The Hall–Kier alpha value is -2.83. The zero-order valence-corrected chi connectivity index (χ0v) is 13.8. The van der Waals surface area contributed by atoms with Gasteiger partial charge in [0, 0.05) is 23.7 Å². The number of carboxylic acids is 1. The summed E-state index contributed by atoms with van der Waals surface area (Å²) in [4.78, 5) is 22.7. The SMILES string of the molecule is Cc1noc(C)c1C(C)CC(=O)Nc1cccc(OCC(=O)O)c1. The van der Waals surface area contributed by atoms with Crippen molar-refractivity contribution in [2.24, 2.45) is 0 Å². The van der Waals surface area contributed by atoms with Gasteiger partial charge in [0.25, 0.3) is 0 Å². The van der Waals surface area contributed by atoms with Gasteiger partial charge in [-0.05, 0) is 31.9 Å².